The molecule has 0 saturated heterocycles. The fourth-order valence-corrected chi connectivity index (χ4v) is 3.09. The van der Waals surface area contributed by atoms with Crippen LogP contribution in [0.5, 0.6) is 5.75 Å². The molecule has 0 radical (unpaired) electrons. The first kappa shape index (κ1) is 18.1. The first-order chi connectivity index (χ1) is 12.7. The predicted molar refractivity (Wildman–Crippen MR) is 106 cm³/mol. The van der Waals surface area contributed by atoms with Gasteiger partial charge in [0, 0.05) is 22.6 Å². The molecule has 0 unspecified atom stereocenters. The van der Waals surface area contributed by atoms with Crippen molar-refractivity contribution in [2.45, 2.75) is 13.0 Å². The molecule has 0 fully saturated rings. The van der Waals surface area contributed by atoms with Crippen LogP contribution < -0.4 is 9.64 Å². The topological polar surface area (TPSA) is 42.4 Å². The van der Waals surface area contributed by atoms with Crippen LogP contribution in [0.4, 0.5) is 5.69 Å². The number of pyridine rings is 1. The molecule has 1 heterocycles. The molecule has 1 aromatic heterocycles. The Labute approximate surface area is 161 Å². The lowest BCUT2D eigenvalue weighted by molar-refractivity contribution is -0.118. The van der Waals surface area contributed by atoms with Crippen LogP contribution in [0.1, 0.15) is 11.1 Å². The number of methoxy groups -OCH3 is 1. The fourth-order valence-electron chi connectivity index (χ4n) is 2.67. The van der Waals surface area contributed by atoms with Crippen molar-refractivity contribution in [2.75, 3.05) is 12.0 Å². The summed E-state index contributed by atoms with van der Waals surface area (Å²) in [6, 6.07) is 19.4. The SMILES string of the molecule is COc1ccc(N(Cc2ccccc2)C(=O)Cc2cncc(Br)c2)cc1. The molecule has 5 heteroatoms. The van der Waals surface area contributed by atoms with Crippen LogP contribution in [-0.4, -0.2) is 18.0 Å². The number of carbonyl (C=O) groups is 1. The minimum atomic E-state index is 0.0129. The molecule has 0 aliphatic heterocycles. The summed E-state index contributed by atoms with van der Waals surface area (Å²) in [5, 5.41) is 0. The highest BCUT2D eigenvalue weighted by Gasteiger charge is 2.17. The number of nitrogens with zero attached hydrogens (tertiary/aromatic N) is 2. The van der Waals surface area contributed by atoms with E-state index >= 15 is 0 Å². The van der Waals surface area contributed by atoms with Gasteiger partial charge in [-0.2, -0.15) is 0 Å². The predicted octanol–water partition coefficient (Wildman–Crippen LogP) is 4.63. The maximum absolute atomic E-state index is 13.0. The molecule has 2 aromatic carbocycles. The summed E-state index contributed by atoms with van der Waals surface area (Å²) in [6.07, 6.45) is 3.71. The van der Waals surface area contributed by atoms with Crippen molar-refractivity contribution < 1.29 is 9.53 Å². The number of halogens is 1. The summed E-state index contributed by atoms with van der Waals surface area (Å²) < 4.78 is 6.08. The quantitative estimate of drug-likeness (QED) is 0.594. The Hall–Kier alpha value is -2.66. The van der Waals surface area contributed by atoms with Gasteiger partial charge in [0.1, 0.15) is 5.75 Å². The molecule has 3 rings (SSSR count). The van der Waals surface area contributed by atoms with E-state index in [1.54, 1.807) is 24.4 Å². The minimum Gasteiger partial charge on any atom is -0.497 e. The molecule has 0 bridgehead atoms. The number of rotatable bonds is 6. The summed E-state index contributed by atoms with van der Waals surface area (Å²) in [5.74, 6) is 0.774. The maximum Gasteiger partial charge on any atom is 0.231 e. The van der Waals surface area contributed by atoms with Crippen molar-refractivity contribution in [3.8, 4) is 5.75 Å². The standard InChI is InChI=1S/C21H19BrN2O2/c1-26-20-9-7-19(8-10-20)24(15-16-5-3-2-4-6-16)21(25)12-17-11-18(22)14-23-13-17/h2-11,13-14H,12,15H2,1H3. The second kappa shape index (κ2) is 8.63. The highest BCUT2D eigenvalue weighted by Crippen LogP contribution is 2.22. The van der Waals surface area contributed by atoms with Crippen LogP contribution in [-0.2, 0) is 17.8 Å². The molecular weight excluding hydrogens is 392 g/mol. The molecule has 0 N–H and O–H groups in total. The largest absolute Gasteiger partial charge is 0.497 e. The van der Waals surface area contributed by atoms with Gasteiger partial charge < -0.3 is 9.64 Å². The molecule has 0 aliphatic rings. The van der Waals surface area contributed by atoms with Crippen LogP contribution in [0.2, 0.25) is 0 Å². The van der Waals surface area contributed by atoms with Crippen LogP contribution >= 0.6 is 15.9 Å². The number of hydrogen-bond donors (Lipinski definition) is 0. The van der Waals surface area contributed by atoms with E-state index in [4.69, 9.17) is 4.74 Å². The number of hydrogen-bond acceptors (Lipinski definition) is 3. The van der Waals surface area contributed by atoms with E-state index in [0.717, 1.165) is 27.0 Å². The van der Waals surface area contributed by atoms with Crippen LogP contribution in [0, 0.1) is 0 Å². The molecule has 132 valence electrons. The lowest BCUT2D eigenvalue weighted by Gasteiger charge is -2.23. The van der Waals surface area contributed by atoms with Crippen molar-refractivity contribution in [3.63, 3.8) is 0 Å². The zero-order chi connectivity index (χ0) is 18.4. The number of amides is 1. The monoisotopic (exact) mass is 410 g/mol. The lowest BCUT2D eigenvalue weighted by atomic mass is 10.1. The second-order valence-corrected chi connectivity index (χ2v) is 6.77. The molecule has 1 amide bonds. The average Bonchev–Trinajstić information content (AvgIpc) is 2.67. The van der Waals surface area contributed by atoms with E-state index in [9.17, 15) is 4.79 Å². The van der Waals surface area contributed by atoms with Crippen molar-refractivity contribution in [1.82, 2.24) is 4.98 Å². The molecule has 0 spiro atoms. The molecule has 3 aromatic rings. The fraction of sp³-hybridized carbons (Fsp3) is 0.143. The molecule has 0 aliphatic carbocycles. The zero-order valence-electron chi connectivity index (χ0n) is 14.4. The van der Waals surface area contributed by atoms with E-state index in [2.05, 4.69) is 20.9 Å². The first-order valence-electron chi connectivity index (χ1n) is 8.23. The lowest BCUT2D eigenvalue weighted by Crippen LogP contribution is -2.31. The number of benzene rings is 2. The minimum absolute atomic E-state index is 0.0129. The van der Waals surface area contributed by atoms with E-state index in [0.29, 0.717) is 6.54 Å². The van der Waals surface area contributed by atoms with Crippen molar-refractivity contribution in [2.24, 2.45) is 0 Å². The average molecular weight is 411 g/mol. The molecule has 0 atom stereocenters. The van der Waals surface area contributed by atoms with Crippen molar-refractivity contribution in [3.05, 3.63) is 88.7 Å². The van der Waals surface area contributed by atoms with Crippen LogP contribution in [0.15, 0.2) is 77.5 Å². The highest BCUT2D eigenvalue weighted by atomic mass is 79.9. The molecule has 4 nitrogen and oxygen atoms in total. The Morgan fingerprint density at radius 2 is 1.77 bits per heavy atom. The Morgan fingerprint density at radius 1 is 1.04 bits per heavy atom. The Morgan fingerprint density at radius 3 is 2.42 bits per heavy atom. The first-order valence-corrected chi connectivity index (χ1v) is 9.03. The van der Waals surface area contributed by atoms with Crippen molar-refractivity contribution >= 4 is 27.5 Å². The van der Waals surface area contributed by atoms with Gasteiger partial charge in [0.05, 0.1) is 20.1 Å². The summed E-state index contributed by atoms with van der Waals surface area (Å²) in [7, 11) is 1.63. The smallest absolute Gasteiger partial charge is 0.231 e. The Balaban J connectivity index is 1.86. The van der Waals surface area contributed by atoms with E-state index in [1.165, 1.54) is 0 Å². The zero-order valence-corrected chi connectivity index (χ0v) is 16.0. The third-order valence-electron chi connectivity index (χ3n) is 3.99. The van der Waals surface area contributed by atoms with E-state index in [-0.39, 0.29) is 12.3 Å². The Kier molecular flexibility index (Phi) is 6.02. The summed E-state index contributed by atoms with van der Waals surface area (Å²) >= 11 is 3.40. The van der Waals surface area contributed by atoms with Crippen molar-refractivity contribution in [1.29, 1.82) is 0 Å². The van der Waals surface area contributed by atoms with Crippen LogP contribution in [0.25, 0.3) is 0 Å². The van der Waals surface area contributed by atoms with Gasteiger partial charge >= 0.3 is 0 Å². The summed E-state index contributed by atoms with van der Waals surface area (Å²) in [6.45, 7) is 0.507. The number of carbonyl (C=O) groups excluding carboxylic acids is 1. The Bertz CT molecular complexity index is 867. The second-order valence-electron chi connectivity index (χ2n) is 5.85. The van der Waals surface area contributed by atoms with Crippen LogP contribution in [0.3, 0.4) is 0 Å². The van der Waals surface area contributed by atoms with Gasteiger partial charge in [-0.1, -0.05) is 30.3 Å². The van der Waals surface area contributed by atoms with E-state index in [1.807, 2.05) is 60.7 Å². The molecule has 26 heavy (non-hydrogen) atoms. The maximum atomic E-state index is 13.0. The highest BCUT2D eigenvalue weighted by molar-refractivity contribution is 9.10. The van der Waals surface area contributed by atoms with Gasteiger partial charge in [0.2, 0.25) is 5.91 Å². The summed E-state index contributed by atoms with van der Waals surface area (Å²) in [4.78, 5) is 19.0. The summed E-state index contributed by atoms with van der Waals surface area (Å²) in [5.41, 5.74) is 2.78. The van der Waals surface area contributed by atoms with Gasteiger partial charge in [0.15, 0.2) is 0 Å². The van der Waals surface area contributed by atoms with Gasteiger partial charge in [-0.25, -0.2) is 0 Å². The van der Waals surface area contributed by atoms with Gasteiger partial charge in [0.25, 0.3) is 0 Å². The third kappa shape index (κ3) is 4.70. The molecule has 0 saturated carbocycles. The van der Waals surface area contributed by atoms with Gasteiger partial charge in [-0.05, 0) is 57.4 Å². The number of ether oxygens (including phenoxy) is 1. The molecular formula is C21H19BrN2O2. The van der Waals surface area contributed by atoms with E-state index < -0.39 is 0 Å². The number of aromatic nitrogens is 1. The normalized spacial score (nSPS) is 10.4. The third-order valence-corrected chi connectivity index (χ3v) is 4.42. The van der Waals surface area contributed by atoms with Gasteiger partial charge in [-0.15, -0.1) is 0 Å². The van der Waals surface area contributed by atoms with Gasteiger partial charge in [-0.3, -0.25) is 9.78 Å². The number of anilines is 1.